The van der Waals surface area contributed by atoms with Crippen LogP contribution in [-0.4, -0.2) is 24.2 Å². The Kier molecular flexibility index (Phi) is 4.70. The number of likely N-dealkylation sites (N-methyl/N-ethyl adjacent to an activating group) is 1. The van der Waals surface area contributed by atoms with Crippen LogP contribution in [0.25, 0.3) is 0 Å². The van der Waals surface area contributed by atoms with Crippen LogP contribution < -0.4 is 11.1 Å². The lowest BCUT2D eigenvalue weighted by Gasteiger charge is -2.32. The number of thioether (sulfide) groups is 1. The normalized spacial score (nSPS) is 27.5. The molecule has 0 bridgehead atoms. The van der Waals surface area contributed by atoms with E-state index in [1.165, 1.54) is 4.21 Å². The molecule has 2 rings (SSSR count). The second-order valence-corrected chi connectivity index (χ2v) is 7.09. The molecule has 100 valence electrons. The Bertz CT molecular complexity index is 394. The van der Waals surface area contributed by atoms with Gasteiger partial charge in [-0.25, -0.2) is 0 Å². The summed E-state index contributed by atoms with van der Waals surface area (Å²) in [6, 6.07) is 4.22. The minimum absolute atomic E-state index is 0.186. The molecule has 0 aromatic carbocycles. The van der Waals surface area contributed by atoms with E-state index in [4.69, 9.17) is 5.73 Å². The number of carbonyl (C=O) groups excluding carboxylic acids is 1. The molecule has 2 atom stereocenters. The van der Waals surface area contributed by atoms with Gasteiger partial charge >= 0.3 is 0 Å². The minimum Gasteiger partial charge on any atom is -0.368 e. The van der Waals surface area contributed by atoms with E-state index >= 15 is 0 Å². The van der Waals surface area contributed by atoms with Gasteiger partial charge in [0.15, 0.2) is 0 Å². The first-order valence-corrected chi connectivity index (χ1v) is 8.20. The van der Waals surface area contributed by atoms with Crippen molar-refractivity contribution in [3.8, 4) is 0 Å². The maximum Gasteiger partial charge on any atom is 0.238 e. The monoisotopic (exact) mass is 284 g/mol. The van der Waals surface area contributed by atoms with Crippen LogP contribution >= 0.6 is 23.1 Å². The highest BCUT2D eigenvalue weighted by Crippen LogP contribution is 2.39. The quantitative estimate of drug-likeness (QED) is 0.789. The lowest BCUT2D eigenvalue weighted by Crippen LogP contribution is -2.56. The van der Waals surface area contributed by atoms with Crippen molar-refractivity contribution in [3.63, 3.8) is 0 Å². The molecule has 3 N–H and O–H groups in total. The van der Waals surface area contributed by atoms with Crippen LogP contribution in [0, 0.1) is 5.92 Å². The Labute approximate surface area is 117 Å². The zero-order valence-corrected chi connectivity index (χ0v) is 12.3. The van der Waals surface area contributed by atoms with Gasteiger partial charge in [0, 0.05) is 0 Å². The number of carbonyl (C=O) groups is 1. The van der Waals surface area contributed by atoms with Crippen molar-refractivity contribution < 1.29 is 4.79 Å². The highest BCUT2D eigenvalue weighted by molar-refractivity contribution is 8.01. The number of hydrogen-bond donors (Lipinski definition) is 2. The number of primary amides is 1. The molecule has 1 saturated carbocycles. The maximum atomic E-state index is 11.7. The maximum absolute atomic E-state index is 11.7. The fourth-order valence-corrected chi connectivity index (χ4v) is 4.81. The Balaban J connectivity index is 1.89. The van der Waals surface area contributed by atoms with Crippen LogP contribution in [0.15, 0.2) is 21.7 Å². The molecule has 1 aliphatic rings. The summed E-state index contributed by atoms with van der Waals surface area (Å²) < 4.78 is 1.35. The number of nitrogens with two attached hydrogens (primary N) is 1. The van der Waals surface area contributed by atoms with Gasteiger partial charge in [-0.1, -0.05) is 12.5 Å². The van der Waals surface area contributed by atoms with Gasteiger partial charge in [0.25, 0.3) is 0 Å². The summed E-state index contributed by atoms with van der Waals surface area (Å²) in [5.74, 6) is 1.25. The van der Waals surface area contributed by atoms with Gasteiger partial charge in [-0.3, -0.25) is 4.79 Å². The molecule has 1 fully saturated rings. The molecule has 2 unspecified atom stereocenters. The predicted molar refractivity (Wildman–Crippen MR) is 78.0 cm³/mol. The fraction of sp³-hybridized carbons (Fsp3) is 0.615. The lowest BCUT2D eigenvalue weighted by molar-refractivity contribution is -0.125. The smallest absolute Gasteiger partial charge is 0.238 e. The largest absolute Gasteiger partial charge is 0.368 e. The molecule has 1 aliphatic carbocycles. The molecule has 0 saturated heterocycles. The molecule has 1 amide bonds. The standard InChI is InChI=1S/C13H20N2OS2/c1-15-13(12(14)16)7-2-4-10(13)6-9-18-11-5-3-8-17-11/h3,5,8,10,15H,2,4,6-7,9H2,1H3,(H2,14,16). The number of rotatable bonds is 6. The molecule has 0 spiro atoms. The van der Waals surface area contributed by atoms with Gasteiger partial charge < -0.3 is 11.1 Å². The Morgan fingerprint density at radius 1 is 1.72 bits per heavy atom. The highest BCUT2D eigenvalue weighted by Gasteiger charge is 2.45. The SMILES string of the molecule is CNC1(C(N)=O)CCCC1CCSc1cccs1. The van der Waals surface area contributed by atoms with E-state index in [2.05, 4.69) is 22.8 Å². The molecule has 5 heteroatoms. The average Bonchev–Trinajstić information content (AvgIpc) is 2.98. The molecule has 18 heavy (non-hydrogen) atoms. The average molecular weight is 284 g/mol. The van der Waals surface area contributed by atoms with Gasteiger partial charge in [0.05, 0.1) is 4.21 Å². The molecule has 3 nitrogen and oxygen atoms in total. The highest BCUT2D eigenvalue weighted by atomic mass is 32.2. The lowest BCUT2D eigenvalue weighted by atomic mass is 9.84. The molecule has 1 aromatic rings. The summed E-state index contributed by atoms with van der Waals surface area (Å²) >= 11 is 3.65. The van der Waals surface area contributed by atoms with Crippen LogP contribution in [0.1, 0.15) is 25.7 Å². The zero-order valence-electron chi connectivity index (χ0n) is 10.6. The third-order valence-corrected chi connectivity index (χ3v) is 6.08. The molecular formula is C13H20N2OS2. The van der Waals surface area contributed by atoms with Crippen LogP contribution in [0.4, 0.5) is 0 Å². The van der Waals surface area contributed by atoms with E-state index in [-0.39, 0.29) is 5.91 Å². The van der Waals surface area contributed by atoms with Gasteiger partial charge in [0.1, 0.15) is 5.54 Å². The van der Waals surface area contributed by atoms with E-state index in [1.807, 2.05) is 18.8 Å². The van der Waals surface area contributed by atoms with Crippen LogP contribution in [-0.2, 0) is 4.79 Å². The van der Waals surface area contributed by atoms with Crippen molar-refractivity contribution >= 4 is 29.0 Å². The first kappa shape index (κ1) is 13.9. The van der Waals surface area contributed by atoms with E-state index in [0.29, 0.717) is 5.92 Å². The van der Waals surface area contributed by atoms with Crippen molar-refractivity contribution in [2.24, 2.45) is 11.7 Å². The zero-order chi connectivity index (χ0) is 13.0. The molecular weight excluding hydrogens is 264 g/mol. The Morgan fingerprint density at radius 2 is 2.56 bits per heavy atom. The second kappa shape index (κ2) is 6.08. The van der Waals surface area contributed by atoms with Gasteiger partial charge in [0.2, 0.25) is 5.91 Å². The predicted octanol–water partition coefficient (Wildman–Crippen LogP) is 2.47. The Morgan fingerprint density at radius 3 is 3.17 bits per heavy atom. The molecule has 1 heterocycles. The second-order valence-electron chi connectivity index (χ2n) is 4.74. The summed E-state index contributed by atoms with van der Waals surface area (Å²) in [4.78, 5) is 11.7. The van der Waals surface area contributed by atoms with Crippen molar-refractivity contribution in [3.05, 3.63) is 17.5 Å². The van der Waals surface area contributed by atoms with Gasteiger partial charge in [-0.2, -0.15) is 0 Å². The Hall–Kier alpha value is -0.520. The summed E-state index contributed by atoms with van der Waals surface area (Å²) in [7, 11) is 1.86. The molecule has 1 aromatic heterocycles. The number of amides is 1. The van der Waals surface area contributed by atoms with E-state index in [1.54, 1.807) is 11.3 Å². The van der Waals surface area contributed by atoms with Crippen LogP contribution in [0.3, 0.4) is 0 Å². The first-order chi connectivity index (χ1) is 8.69. The number of thiophene rings is 1. The summed E-state index contributed by atoms with van der Waals surface area (Å²) in [5, 5.41) is 5.29. The molecule has 0 radical (unpaired) electrons. The van der Waals surface area contributed by atoms with Crippen molar-refractivity contribution in [1.82, 2.24) is 5.32 Å². The van der Waals surface area contributed by atoms with Gasteiger partial charge in [-0.15, -0.1) is 23.1 Å². The van der Waals surface area contributed by atoms with Crippen molar-refractivity contribution in [1.29, 1.82) is 0 Å². The van der Waals surface area contributed by atoms with Crippen LogP contribution in [0.5, 0.6) is 0 Å². The third-order valence-electron chi connectivity index (χ3n) is 3.91. The van der Waals surface area contributed by atoms with Crippen molar-refractivity contribution in [2.75, 3.05) is 12.8 Å². The van der Waals surface area contributed by atoms with Crippen LogP contribution in [0.2, 0.25) is 0 Å². The fourth-order valence-electron chi connectivity index (χ4n) is 2.89. The number of nitrogens with one attached hydrogen (secondary N) is 1. The third kappa shape index (κ3) is 2.73. The minimum atomic E-state index is -0.462. The van der Waals surface area contributed by atoms with Gasteiger partial charge in [-0.05, 0) is 49.4 Å². The molecule has 0 aliphatic heterocycles. The van der Waals surface area contributed by atoms with E-state index in [9.17, 15) is 4.79 Å². The number of hydrogen-bond acceptors (Lipinski definition) is 4. The summed E-state index contributed by atoms with van der Waals surface area (Å²) in [6.07, 6.45) is 4.13. The summed E-state index contributed by atoms with van der Waals surface area (Å²) in [5.41, 5.74) is 5.13. The van der Waals surface area contributed by atoms with E-state index in [0.717, 1.165) is 31.4 Å². The summed E-state index contributed by atoms with van der Waals surface area (Å²) in [6.45, 7) is 0. The topological polar surface area (TPSA) is 55.1 Å². The van der Waals surface area contributed by atoms with E-state index < -0.39 is 5.54 Å². The first-order valence-electron chi connectivity index (χ1n) is 6.34. The van der Waals surface area contributed by atoms with Crippen molar-refractivity contribution in [2.45, 2.75) is 35.4 Å².